The quantitative estimate of drug-likeness (QED) is 0.0304. The first-order valence-electron chi connectivity index (χ1n) is 16.5. The van der Waals surface area contributed by atoms with Crippen LogP contribution < -0.4 is 5.32 Å². The number of rotatable bonds is 32. The molecule has 0 unspecified atom stereocenters. The van der Waals surface area contributed by atoms with Crippen molar-refractivity contribution in [3.05, 3.63) is 0 Å². The van der Waals surface area contributed by atoms with Crippen LogP contribution >= 0.6 is 7.82 Å². The van der Waals surface area contributed by atoms with E-state index in [1.165, 1.54) is 89.9 Å². The van der Waals surface area contributed by atoms with Crippen molar-refractivity contribution < 1.29 is 42.7 Å². The Morgan fingerprint density at radius 2 is 1.19 bits per heavy atom. The van der Waals surface area contributed by atoms with Gasteiger partial charge in [-0.05, 0) is 19.3 Å². The van der Waals surface area contributed by atoms with Gasteiger partial charge in [0.25, 0.3) is 0 Å². The highest BCUT2D eigenvalue weighted by molar-refractivity contribution is 7.46. The highest BCUT2D eigenvalue weighted by Gasteiger charge is 2.21. The summed E-state index contributed by atoms with van der Waals surface area (Å²) in [6, 6.07) is 0. The maximum absolute atomic E-state index is 12.2. The van der Waals surface area contributed by atoms with E-state index in [-0.39, 0.29) is 25.7 Å². The molecule has 1 amide bonds. The number of esters is 1. The monoisotopic (exact) mass is 623 g/mol. The molecule has 0 spiro atoms. The maximum Gasteiger partial charge on any atom is 0.469 e. The second-order valence-corrected chi connectivity index (χ2v) is 12.5. The number of hydrogen-bond donors (Lipinski definition) is 3. The van der Waals surface area contributed by atoms with Gasteiger partial charge in [-0.2, -0.15) is 0 Å². The molecule has 0 heterocycles. The summed E-state index contributed by atoms with van der Waals surface area (Å²) in [5, 5.41) is 2.84. The van der Waals surface area contributed by atoms with Crippen LogP contribution in [0.3, 0.4) is 0 Å². The Labute approximate surface area is 255 Å². The summed E-state index contributed by atoms with van der Waals surface area (Å²) in [5.74, 6) is -0.361. The Kier molecular flexibility index (Phi) is 29.3. The van der Waals surface area contributed by atoms with Gasteiger partial charge in [0, 0.05) is 26.5 Å². The predicted molar refractivity (Wildman–Crippen MR) is 166 cm³/mol. The topological polar surface area (TPSA) is 141 Å². The first-order valence-corrected chi connectivity index (χ1v) is 18.1. The Balaban J connectivity index is 3.69. The number of ether oxygens (including phenoxy) is 3. The third-order valence-electron chi connectivity index (χ3n) is 7.02. The number of amides is 1. The van der Waals surface area contributed by atoms with E-state index >= 15 is 0 Å². The summed E-state index contributed by atoms with van der Waals surface area (Å²) in [4.78, 5) is 40.9. The molecule has 3 N–H and O–H groups in total. The van der Waals surface area contributed by atoms with E-state index in [4.69, 9.17) is 24.0 Å². The molecule has 11 heteroatoms. The Hall–Kier alpha value is -1.03. The van der Waals surface area contributed by atoms with Crippen molar-refractivity contribution in [2.45, 2.75) is 155 Å². The fraction of sp³-hybridized carbons (Fsp3) is 0.935. The zero-order valence-corrected chi connectivity index (χ0v) is 27.6. The first-order chi connectivity index (χ1) is 20.2. The molecule has 10 nitrogen and oxygen atoms in total. The highest BCUT2D eigenvalue weighted by Crippen LogP contribution is 2.35. The van der Waals surface area contributed by atoms with Crippen LogP contribution in [0, 0.1) is 0 Å². The van der Waals surface area contributed by atoms with Crippen LogP contribution in [-0.4, -0.2) is 60.9 Å². The molecule has 0 saturated carbocycles. The van der Waals surface area contributed by atoms with Crippen LogP contribution in [0.1, 0.15) is 149 Å². The second-order valence-electron chi connectivity index (χ2n) is 11.2. The molecule has 0 aromatic heterocycles. The van der Waals surface area contributed by atoms with Crippen LogP contribution in [0.25, 0.3) is 0 Å². The van der Waals surface area contributed by atoms with Crippen molar-refractivity contribution in [3.63, 3.8) is 0 Å². The lowest BCUT2D eigenvalue weighted by Gasteiger charge is -2.18. The number of carbonyl (C=O) groups excluding carboxylic acids is 2. The first kappa shape index (κ1) is 41.0. The predicted octanol–water partition coefficient (Wildman–Crippen LogP) is 7.35. The molecule has 1 atom stereocenters. The molecular weight excluding hydrogens is 561 g/mol. The summed E-state index contributed by atoms with van der Waals surface area (Å²) in [6.07, 6.45) is 22.7. The van der Waals surface area contributed by atoms with Crippen LogP contribution in [0.5, 0.6) is 0 Å². The van der Waals surface area contributed by atoms with Gasteiger partial charge >= 0.3 is 13.8 Å². The van der Waals surface area contributed by atoms with Crippen molar-refractivity contribution in [1.29, 1.82) is 0 Å². The van der Waals surface area contributed by atoms with Crippen LogP contribution in [0.4, 0.5) is 0 Å². The van der Waals surface area contributed by atoms with Crippen LogP contribution in [-0.2, 0) is 32.9 Å². The molecule has 250 valence electrons. The lowest BCUT2D eigenvalue weighted by Crippen LogP contribution is -2.28. The van der Waals surface area contributed by atoms with Crippen molar-refractivity contribution in [3.8, 4) is 0 Å². The number of nitrogens with one attached hydrogen (secondary N) is 1. The third kappa shape index (κ3) is 33.5. The molecule has 0 aliphatic heterocycles. The third-order valence-corrected chi connectivity index (χ3v) is 7.51. The lowest BCUT2D eigenvalue weighted by molar-refractivity contribution is -0.158. The molecule has 0 aromatic rings. The van der Waals surface area contributed by atoms with E-state index in [0.29, 0.717) is 6.61 Å². The summed E-state index contributed by atoms with van der Waals surface area (Å²) < 4.78 is 31.9. The van der Waals surface area contributed by atoms with Crippen LogP contribution in [0.15, 0.2) is 0 Å². The van der Waals surface area contributed by atoms with Gasteiger partial charge in [0.15, 0.2) is 0 Å². The van der Waals surface area contributed by atoms with Crippen molar-refractivity contribution >= 4 is 19.7 Å². The lowest BCUT2D eigenvalue weighted by atomic mass is 10.0. The molecule has 0 fully saturated rings. The number of carbonyl (C=O) groups is 2. The Morgan fingerprint density at radius 1 is 0.690 bits per heavy atom. The zero-order chi connectivity index (χ0) is 31.2. The van der Waals surface area contributed by atoms with E-state index in [1.807, 2.05) is 0 Å². The van der Waals surface area contributed by atoms with E-state index < -0.39 is 26.5 Å². The second kappa shape index (κ2) is 30.0. The molecule has 0 aromatic carbocycles. The van der Waals surface area contributed by atoms with E-state index in [2.05, 4.69) is 16.8 Å². The maximum atomic E-state index is 12.2. The number of hydrogen-bond acceptors (Lipinski definition) is 7. The zero-order valence-electron chi connectivity index (χ0n) is 26.7. The van der Waals surface area contributed by atoms with Crippen molar-refractivity contribution in [2.75, 3.05) is 33.2 Å². The van der Waals surface area contributed by atoms with E-state index in [9.17, 15) is 14.2 Å². The number of phosphoric acid groups is 1. The van der Waals surface area contributed by atoms with Gasteiger partial charge in [-0.15, -0.1) is 0 Å². The Bertz CT molecular complexity index is 675. The minimum atomic E-state index is -4.67. The van der Waals surface area contributed by atoms with Gasteiger partial charge in [0.2, 0.25) is 5.91 Å². The molecule has 0 saturated heterocycles. The van der Waals surface area contributed by atoms with Crippen LogP contribution in [0.2, 0.25) is 0 Å². The summed E-state index contributed by atoms with van der Waals surface area (Å²) in [5.41, 5.74) is 0. The van der Waals surface area contributed by atoms with Gasteiger partial charge < -0.3 is 29.3 Å². The summed E-state index contributed by atoms with van der Waals surface area (Å²) >= 11 is 0. The van der Waals surface area contributed by atoms with Gasteiger partial charge in [0.1, 0.15) is 12.9 Å². The fourth-order valence-electron chi connectivity index (χ4n) is 4.60. The van der Waals surface area contributed by atoms with E-state index in [1.54, 1.807) is 6.92 Å². The number of unbranched alkanes of at least 4 members (excludes halogenated alkanes) is 18. The largest absolute Gasteiger partial charge is 0.469 e. The summed E-state index contributed by atoms with van der Waals surface area (Å²) in [6.45, 7) is 4.65. The average Bonchev–Trinajstić information content (AvgIpc) is 2.93. The molecule has 42 heavy (non-hydrogen) atoms. The SMILES string of the molecule is CCCCCCCCCC(=O)O[C@H](COCOCCCCCCCCCCCCCCCNC(C)=O)COP(=O)(O)O. The van der Waals surface area contributed by atoms with Crippen molar-refractivity contribution in [2.24, 2.45) is 0 Å². The minimum Gasteiger partial charge on any atom is -0.457 e. The fourth-order valence-corrected chi connectivity index (χ4v) is 4.96. The van der Waals surface area contributed by atoms with Gasteiger partial charge in [-0.1, -0.05) is 116 Å². The van der Waals surface area contributed by atoms with Crippen molar-refractivity contribution in [1.82, 2.24) is 5.32 Å². The molecular formula is C31H62NO9P. The Morgan fingerprint density at radius 3 is 1.71 bits per heavy atom. The highest BCUT2D eigenvalue weighted by atomic mass is 31.2. The molecule has 0 bridgehead atoms. The molecule has 0 aliphatic rings. The van der Waals surface area contributed by atoms with E-state index in [0.717, 1.165) is 45.1 Å². The average molecular weight is 624 g/mol. The minimum absolute atomic E-state index is 0.0248. The van der Waals surface area contributed by atoms with Gasteiger partial charge in [-0.25, -0.2) is 4.57 Å². The normalized spacial score (nSPS) is 12.4. The molecule has 0 aliphatic carbocycles. The number of phosphoric ester groups is 1. The smallest absolute Gasteiger partial charge is 0.457 e. The standard InChI is InChI=1S/C31H62NO9P/c1-3-4-5-6-14-17-20-23-31(34)41-30(27-40-42(35,36)37)26-39-28-38-25-22-19-16-13-11-9-7-8-10-12-15-18-21-24-32-29(2)33/h30H,3-28H2,1-2H3,(H,32,33)(H2,35,36,37)/t30-/m1/s1. The van der Waals surface area contributed by atoms with Gasteiger partial charge in [0.05, 0.1) is 13.2 Å². The molecule has 0 radical (unpaired) electrons. The van der Waals surface area contributed by atoms with Gasteiger partial charge in [-0.3, -0.25) is 14.1 Å². The molecule has 0 rings (SSSR count). The summed E-state index contributed by atoms with van der Waals surface area (Å²) in [7, 11) is -4.67.